The van der Waals surface area contributed by atoms with E-state index in [1.165, 1.54) is 12.1 Å². The smallest absolute Gasteiger partial charge is 0.387 e. The Hall–Kier alpha value is -1.47. The van der Waals surface area contributed by atoms with Gasteiger partial charge in [0, 0.05) is 25.4 Å². The van der Waals surface area contributed by atoms with Gasteiger partial charge in [-0.05, 0) is 49.8 Å². The Morgan fingerprint density at radius 3 is 2.60 bits per heavy atom. The lowest BCUT2D eigenvalue weighted by Crippen LogP contribution is -2.29. The van der Waals surface area contributed by atoms with E-state index in [0.717, 1.165) is 6.42 Å². The highest BCUT2D eigenvalue weighted by atomic mass is 32.1. The van der Waals surface area contributed by atoms with E-state index < -0.39 is 6.61 Å². The van der Waals surface area contributed by atoms with E-state index in [1.807, 2.05) is 6.92 Å². The van der Waals surface area contributed by atoms with Crippen LogP contribution in [-0.2, 0) is 4.74 Å². The van der Waals surface area contributed by atoms with Crippen LogP contribution in [0.3, 0.4) is 0 Å². The van der Waals surface area contributed by atoms with E-state index in [0.29, 0.717) is 30.6 Å². The zero-order valence-corrected chi connectivity index (χ0v) is 12.0. The molecule has 112 valence electrons. The Labute approximate surface area is 122 Å². The van der Waals surface area contributed by atoms with Crippen molar-refractivity contribution >= 4 is 23.0 Å². The molecule has 0 aliphatic carbocycles. The fourth-order valence-corrected chi connectivity index (χ4v) is 1.64. The number of thiocarbonyl (C=S) groups is 1. The Bertz CT molecular complexity index is 402. The maximum absolute atomic E-state index is 12.0. The number of hydrogen-bond acceptors (Lipinski definition) is 3. The molecule has 0 unspecified atom stereocenters. The summed E-state index contributed by atoms with van der Waals surface area (Å²) in [6.07, 6.45) is 0.858. The molecule has 0 bridgehead atoms. The van der Waals surface area contributed by atoms with Crippen molar-refractivity contribution in [2.45, 2.75) is 20.0 Å². The van der Waals surface area contributed by atoms with Crippen LogP contribution in [0, 0.1) is 0 Å². The summed E-state index contributed by atoms with van der Waals surface area (Å²) in [5.41, 5.74) is 0.703. The number of hydrogen-bond donors (Lipinski definition) is 2. The van der Waals surface area contributed by atoms with Gasteiger partial charge in [0.25, 0.3) is 0 Å². The number of anilines is 1. The van der Waals surface area contributed by atoms with Gasteiger partial charge in [0.05, 0.1) is 0 Å². The number of nitrogens with one attached hydrogen (secondary N) is 2. The minimum absolute atomic E-state index is 0.112. The highest BCUT2D eigenvalue weighted by Crippen LogP contribution is 2.17. The van der Waals surface area contributed by atoms with Gasteiger partial charge in [-0.1, -0.05) is 0 Å². The summed E-state index contributed by atoms with van der Waals surface area (Å²) >= 11 is 5.10. The maximum Gasteiger partial charge on any atom is 0.387 e. The summed E-state index contributed by atoms with van der Waals surface area (Å²) in [6.45, 7) is 1.22. The van der Waals surface area contributed by atoms with Crippen LogP contribution in [0.5, 0.6) is 5.75 Å². The molecule has 2 N–H and O–H groups in total. The van der Waals surface area contributed by atoms with Crippen molar-refractivity contribution in [1.82, 2.24) is 5.32 Å². The fourth-order valence-electron chi connectivity index (χ4n) is 1.42. The molecule has 0 radical (unpaired) electrons. The second-order valence-corrected chi connectivity index (χ2v) is 4.24. The first-order chi connectivity index (χ1) is 9.61. The summed E-state index contributed by atoms with van der Waals surface area (Å²) in [4.78, 5) is 0. The lowest BCUT2D eigenvalue weighted by atomic mass is 10.3. The van der Waals surface area contributed by atoms with Gasteiger partial charge in [0.1, 0.15) is 5.75 Å². The molecular formula is C13H18F2N2O2S. The fraction of sp³-hybridized carbons (Fsp3) is 0.462. The zero-order valence-electron chi connectivity index (χ0n) is 11.2. The molecule has 0 saturated heterocycles. The van der Waals surface area contributed by atoms with Crippen LogP contribution in [0.25, 0.3) is 0 Å². The third kappa shape index (κ3) is 7.20. The average Bonchev–Trinajstić information content (AvgIpc) is 2.40. The van der Waals surface area contributed by atoms with Gasteiger partial charge < -0.3 is 20.1 Å². The quantitative estimate of drug-likeness (QED) is 0.571. The van der Waals surface area contributed by atoms with Crippen molar-refractivity contribution in [3.63, 3.8) is 0 Å². The largest absolute Gasteiger partial charge is 0.435 e. The topological polar surface area (TPSA) is 42.5 Å². The second-order valence-electron chi connectivity index (χ2n) is 3.83. The summed E-state index contributed by atoms with van der Waals surface area (Å²) in [6, 6.07) is 6.14. The van der Waals surface area contributed by atoms with E-state index in [-0.39, 0.29) is 5.75 Å². The van der Waals surface area contributed by atoms with E-state index in [1.54, 1.807) is 12.1 Å². The van der Waals surface area contributed by atoms with Crippen molar-refractivity contribution < 1.29 is 18.3 Å². The molecule has 0 heterocycles. The average molecular weight is 304 g/mol. The maximum atomic E-state index is 12.0. The minimum atomic E-state index is -2.82. The van der Waals surface area contributed by atoms with Crippen LogP contribution in [0.1, 0.15) is 13.3 Å². The normalized spacial score (nSPS) is 10.4. The monoisotopic (exact) mass is 304 g/mol. The molecule has 0 atom stereocenters. The molecule has 0 aromatic heterocycles. The number of alkyl halides is 2. The lowest BCUT2D eigenvalue weighted by Gasteiger charge is -2.11. The molecule has 1 aromatic rings. The molecule has 1 aromatic carbocycles. The molecule has 0 aliphatic heterocycles. The molecule has 0 spiro atoms. The number of halogens is 2. The molecule has 0 saturated carbocycles. The van der Waals surface area contributed by atoms with Gasteiger partial charge in [0.15, 0.2) is 5.11 Å². The van der Waals surface area contributed by atoms with Gasteiger partial charge in [0.2, 0.25) is 0 Å². The third-order valence-corrected chi connectivity index (χ3v) is 2.54. The lowest BCUT2D eigenvalue weighted by molar-refractivity contribution is -0.0498. The Morgan fingerprint density at radius 2 is 2.00 bits per heavy atom. The number of benzene rings is 1. The van der Waals surface area contributed by atoms with Gasteiger partial charge in [-0.3, -0.25) is 0 Å². The predicted molar refractivity (Wildman–Crippen MR) is 78.4 cm³/mol. The molecule has 1 rings (SSSR count). The first-order valence-electron chi connectivity index (χ1n) is 6.29. The van der Waals surface area contributed by atoms with Crippen LogP contribution < -0.4 is 15.4 Å². The minimum Gasteiger partial charge on any atom is -0.435 e. The summed E-state index contributed by atoms with van der Waals surface area (Å²) in [5.74, 6) is 0.112. The molecule has 0 fully saturated rings. The van der Waals surface area contributed by atoms with Crippen molar-refractivity contribution in [1.29, 1.82) is 0 Å². The molecule has 0 amide bonds. The van der Waals surface area contributed by atoms with Crippen LogP contribution in [0.2, 0.25) is 0 Å². The molecule has 4 nitrogen and oxygen atoms in total. The van der Waals surface area contributed by atoms with Crippen LogP contribution >= 0.6 is 12.2 Å². The Balaban J connectivity index is 2.27. The van der Waals surface area contributed by atoms with Crippen LogP contribution in [-0.4, -0.2) is 31.5 Å². The van der Waals surface area contributed by atoms with E-state index >= 15 is 0 Å². The summed E-state index contributed by atoms with van der Waals surface area (Å²) in [7, 11) is 0. The summed E-state index contributed by atoms with van der Waals surface area (Å²) in [5, 5.41) is 6.45. The SMILES string of the molecule is CCOCCCNC(=S)Nc1ccc(OC(F)F)cc1. The van der Waals surface area contributed by atoms with Crippen molar-refractivity contribution in [2.24, 2.45) is 0 Å². The van der Waals surface area contributed by atoms with Crippen molar-refractivity contribution in [3.05, 3.63) is 24.3 Å². The summed E-state index contributed by atoms with van der Waals surface area (Å²) < 4.78 is 33.4. The number of rotatable bonds is 8. The van der Waals surface area contributed by atoms with Crippen LogP contribution in [0.4, 0.5) is 14.5 Å². The van der Waals surface area contributed by atoms with Gasteiger partial charge in [-0.15, -0.1) is 0 Å². The Morgan fingerprint density at radius 1 is 1.30 bits per heavy atom. The van der Waals surface area contributed by atoms with Gasteiger partial charge in [-0.25, -0.2) is 0 Å². The predicted octanol–water partition coefficient (Wildman–Crippen LogP) is 3.00. The Kier molecular flexibility index (Phi) is 7.82. The standard InChI is InChI=1S/C13H18F2N2O2S/c1-2-18-9-3-8-16-13(20)17-10-4-6-11(7-5-10)19-12(14)15/h4-7,12H,2-3,8-9H2,1H3,(H2,16,17,20). The molecule has 7 heteroatoms. The van der Waals surface area contributed by atoms with Gasteiger partial charge >= 0.3 is 6.61 Å². The third-order valence-electron chi connectivity index (χ3n) is 2.29. The van der Waals surface area contributed by atoms with E-state index in [9.17, 15) is 8.78 Å². The van der Waals surface area contributed by atoms with Crippen LogP contribution in [0.15, 0.2) is 24.3 Å². The highest BCUT2D eigenvalue weighted by molar-refractivity contribution is 7.80. The van der Waals surface area contributed by atoms with E-state index in [2.05, 4.69) is 15.4 Å². The number of ether oxygens (including phenoxy) is 2. The highest BCUT2D eigenvalue weighted by Gasteiger charge is 2.04. The first-order valence-corrected chi connectivity index (χ1v) is 6.70. The zero-order chi connectivity index (χ0) is 14.8. The molecule has 0 aliphatic rings. The van der Waals surface area contributed by atoms with Gasteiger partial charge in [-0.2, -0.15) is 8.78 Å². The van der Waals surface area contributed by atoms with Crippen molar-refractivity contribution in [3.8, 4) is 5.75 Å². The van der Waals surface area contributed by atoms with E-state index in [4.69, 9.17) is 17.0 Å². The molecule has 20 heavy (non-hydrogen) atoms. The van der Waals surface area contributed by atoms with Crippen molar-refractivity contribution in [2.75, 3.05) is 25.1 Å². The second kappa shape index (κ2) is 9.44. The first kappa shape index (κ1) is 16.6. The molecular weight excluding hydrogens is 286 g/mol.